The molecule has 1 aliphatic rings. The van der Waals surface area contributed by atoms with E-state index in [4.69, 9.17) is 15.2 Å². The molecule has 1 aromatic carbocycles. The van der Waals surface area contributed by atoms with Crippen LogP contribution in [0.5, 0.6) is 5.75 Å². The summed E-state index contributed by atoms with van der Waals surface area (Å²) in [6, 6.07) is 5.97. The van der Waals surface area contributed by atoms with E-state index >= 15 is 0 Å². The quantitative estimate of drug-likeness (QED) is 0.760. The highest BCUT2D eigenvalue weighted by atomic mass is 16.5. The molecule has 3 N–H and O–H groups in total. The van der Waals surface area contributed by atoms with Crippen molar-refractivity contribution in [1.29, 1.82) is 0 Å². The Morgan fingerprint density at radius 3 is 2.58 bits per heavy atom. The lowest BCUT2D eigenvalue weighted by Crippen LogP contribution is -2.44. The van der Waals surface area contributed by atoms with Crippen molar-refractivity contribution in [3.05, 3.63) is 18.2 Å². The Kier molecular flexibility index (Phi) is 6.75. The van der Waals surface area contributed by atoms with E-state index in [9.17, 15) is 4.79 Å². The summed E-state index contributed by atoms with van der Waals surface area (Å²) in [6.07, 6.45) is 1.92. The van der Waals surface area contributed by atoms with E-state index in [2.05, 4.69) is 31.0 Å². The van der Waals surface area contributed by atoms with Gasteiger partial charge in [-0.3, -0.25) is 4.79 Å². The molecule has 1 saturated heterocycles. The first-order valence-electron chi connectivity index (χ1n) is 9.30. The number of hydrogen-bond acceptors (Lipinski definition) is 5. The van der Waals surface area contributed by atoms with Crippen molar-refractivity contribution in [3.63, 3.8) is 0 Å². The van der Waals surface area contributed by atoms with Gasteiger partial charge in [-0.15, -0.1) is 0 Å². The SMILES string of the molecule is COc1cc(N2CCC(OCC(=O)NC(C)C(C)(C)C)CC2)ccc1N. The van der Waals surface area contributed by atoms with Crippen LogP contribution in [0.3, 0.4) is 0 Å². The molecule has 0 radical (unpaired) electrons. The highest BCUT2D eigenvalue weighted by molar-refractivity contribution is 5.77. The highest BCUT2D eigenvalue weighted by Crippen LogP contribution is 2.29. The lowest BCUT2D eigenvalue weighted by atomic mass is 9.88. The van der Waals surface area contributed by atoms with E-state index in [0.29, 0.717) is 11.4 Å². The number of benzene rings is 1. The van der Waals surface area contributed by atoms with Crippen molar-refractivity contribution in [1.82, 2.24) is 5.32 Å². The van der Waals surface area contributed by atoms with Crippen molar-refractivity contribution in [2.45, 2.75) is 52.7 Å². The van der Waals surface area contributed by atoms with Crippen LogP contribution < -0.4 is 20.7 Å². The first kappa shape index (κ1) is 20.4. The van der Waals surface area contributed by atoms with Crippen LogP contribution in [0.1, 0.15) is 40.5 Å². The Morgan fingerprint density at radius 1 is 1.35 bits per heavy atom. The number of carbonyl (C=O) groups excluding carboxylic acids is 1. The van der Waals surface area contributed by atoms with Crippen molar-refractivity contribution >= 4 is 17.3 Å². The average Bonchev–Trinajstić information content (AvgIpc) is 2.60. The van der Waals surface area contributed by atoms with Gasteiger partial charge < -0.3 is 25.4 Å². The highest BCUT2D eigenvalue weighted by Gasteiger charge is 2.24. The van der Waals surface area contributed by atoms with Crippen molar-refractivity contribution < 1.29 is 14.3 Å². The lowest BCUT2D eigenvalue weighted by molar-refractivity contribution is -0.129. The summed E-state index contributed by atoms with van der Waals surface area (Å²) in [5.74, 6) is 0.656. The number of hydrogen-bond donors (Lipinski definition) is 2. The Labute approximate surface area is 157 Å². The second kappa shape index (κ2) is 8.62. The molecule has 6 nitrogen and oxygen atoms in total. The zero-order valence-electron chi connectivity index (χ0n) is 16.7. The number of amides is 1. The van der Waals surface area contributed by atoms with Gasteiger partial charge in [-0.25, -0.2) is 0 Å². The second-order valence-corrected chi connectivity index (χ2v) is 8.08. The molecule has 6 heteroatoms. The summed E-state index contributed by atoms with van der Waals surface area (Å²) in [7, 11) is 1.63. The van der Waals surface area contributed by atoms with Gasteiger partial charge in [-0.1, -0.05) is 20.8 Å². The molecule has 0 bridgehead atoms. The van der Waals surface area contributed by atoms with Crippen LogP contribution in [0.25, 0.3) is 0 Å². The van der Waals surface area contributed by atoms with Gasteiger partial charge >= 0.3 is 0 Å². The van der Waals surface area contributed by atoms with Crippen LogP contribution in [-0.4, -0.2) is 44.9 Å². The summed E-state index contributed by atoms with van der Waals surface area (Å²) in [5.41, 5.74) is 7.67. The summed E-state index contributed by atoms with van der Waals surface area (Å²) < 4.78 is 11.1. The minimum atomic E-state index is -0.0434. The van der Waals surface area contributed by atoms with Gasteiger partial charge in [0.2, 0.25) is 5.91 Å². The maximum atomic E-state index is 12.1. The van der Waals surface area contributed by atoms with Gasteiger partial charge in [-0.2, -0.15) is 0 Å². The van der Waals surface area contributed by atoms with Gasteiger partial charge in [0.1, 0.15) is 12.4 Å². The molecule has 2 rings (SSSR count). The van der Waals surface area contributed by atoms with E-state index in [1.807, 2.05) is 25.1 Å². The van der Waals surface area contributed by atoms with Crippen LogP contribution in [0, 0.1) is 5.41 Å². The van der Waals surface area contributed by atoms with Crippen LogP contribution in [0.4, 0.5) is 11.4 Å². The topological polar surface area (TPSA) is 76.8 Å². The number of nitrogens with one attached hydrogen (secondary N) is 1. The molecule has 1 heterocycles. The maximum absolute atomic E-state index is 12.1. The van der Waals surface area contributed by atoms with Gasteiger partial charge in [0.25, 0.3) is 0 Å². The van der Waals surface area contributed by atoms with E-state index < -0.39 is 0 Å². The zero-order chi connectivity index (χ0) is 19.3. The molecule has 1 aromatic rings. The van der Waals surface area contributed by atoms with Gasteiger partial charge in [0.05, 0.1) is 18.9 Å². The van der Waals surface area contributed by atoms with Crippen molar-refractivity contribution in [2.75, 3.05) is 37.4 Å². The molecule has 0 aliphatic carbocycles. The number of nitrogens with zero attached hydrogens (tertiary/aromatic N) is 1. The number of carbonyl (C=O) groups is 1. The number of piperidine rings is 1. The van der Waals surface area contributed by atoms with Crippen LogP contribution in [0.15, 0.2) is 18.2 Å². The number of anilines is 2. The van der Waals surface area contributed by atoms with E-state index in [1.165, 1.54) is 0 Å². The molecule has 0 aromatic heterocycles. The first-order chi connectivity index (χ1) is 12.2. The molecule has 1 atom stereocenters. The molecule has 1 amide bonds. The van der Waals surface area contributed by atoms with E-state index in [-0.39, 0.29) is 30.1 Å². The van der Waals surface area contributed by atoms with Gasteiger partial charge in [-0.05, 0) is 37.3 Å². The zero-order valence-corrected chi connectivity index (χ0v) is 16.7. The average molecular weight is 364 g/mol. The molecule has 26 heavy (non-hydrogen) atoms. The molecule has 1 fully saturated rings. The third-order valence-electron chi connectivity index (χ3n) is 5.15. The van der Waals surface area contributed by atoms with Crippen LogP contribution in [-0.2, 0) is 9.53 Å². The molecule has 0 saturated carbocycles. The minimum Gasteiger partial charge on any atom is -0.495 e. The van der Waals surface area contributed by atoms with Crippen LogP contribution in [0.2, 0.25) is 0 Å². The summed E-state index contributed by atoms with van der Waals surface area (Å²) in [6.45, 7) is 10.3. The standard InChI is InChI=1S/C20H33N3O3/c1-14(20(2,3)4)22-19(24)13-26-16-8-10-23(11-9-16)15-6-7-17(21)18(12-15)25-5/h6-7,12,14,16H,8-11,13,21H2,1-5H3,(H,22,24). The van der Waals surface area contributed by atoms with Crippen molar-refractivity contribution in [2.24, 2.45) is 5.41 Å². The third kappa shape index (κ3) is 5.53. The Bertz CT molecular complexity index is 605. The largest absolute Gasteiger partial charge is 0.495 e. The molecule has 146 valence electrons. The summed E-state index contributed by atoms with van der Waals surface area (Å²) in [5, 5.41) is 3.01. The molecular weight excluding hydrogens is 330 g/mol. The van der Waals surface area contributed by atoms with E-state index in [0.717, 1.165) is 31.6 Å². The molecule has 1 unspecified atom stereocenters. The number of ether oxygens (including phenoxy) is 2. The fourth-order valence-corrected chi connectivity index (χ4v) is 2.87. The van der Waals surface area contributed by atoms with E-state index in [1.54, 1.807) is 7.11 Å². The first-order valence-corrected chi connectivity index (χ1v) is 9.30. The monoisotopic (exact) mass is 363 g/mol. The van der Waals surface area contributed by atoms with Crippen LogP contribution >= 0.6 is 0 Å². The Balaban J connectivity index is 1.77. The molecule has 0 spiro atoms. The Morgan fingerprint density at radius 2 is 2.00 bits per heavy atom. The van der Waals surface area contributed by atoms with Gasteiger partial charge in [0.15, 0.2) is 0 Å². The fraction of sp³-hybridized carbons (Fsp3) is 0.650. The number of rotatable bonds is 6. The normalized spacial score (nSPS) is 17.0. The smallest absolute Gasteiger partial charge is 0.246 e. The molecular formula is C20H33N3O3. The van der Waals surface area contributed by atoms with Crippen molar-refractivity contribution in [3.8, 4) is 5.75 Å². The number of nitrogen functional groups attached to an aromatic ring is 1. The third-order valence-corrected chi connectivity index (χ3v) is 5.15. The maximum Gasteiger partial charge on any atom is 0.246 e. The fourth-order valence-electron chi connectivity index (χ4n) is 2.87. The Hall–Kier alpha value is -1.95. The summed E-state index contributed by atoms with van der Waals surface area (Å²) >= 11 is 0. The minimum absolute atomic E-state index is 0.0428. The second-order valence-electron chi connectivity index (χ2n) is 8.08. The predicted molar refractivity (Wildman–Crippen MR) is 106 cm³/mol. The summed E-state index contributed by atoms with van der Waals surface area (Å²) in [4.78, 5) is 14.4. The number of methoxy groups -OCH3 is 1. The molecule has 1 aliphatic heterocycles. The van der Waals surface area contributed by atoms with Gasteiger partial charge in [0, 0.05) is 30.9 Å². The number of nitrogens with two attached hydrogens (primary N) is 1. The predicted octanol–water partition coefficient (Wildman–Crippen LogP) is 2.81. The lowest BCUT2D eigenvalue weighted by Gasteiger charge is -2.34.